The van der Waals surface area contributed by atoms with Gasteiger partial charge in [-0.1, -0.05) is 0 Å². The Balaban J connectivity index is 2.20. The van der Waals surface area contributed by atoms with Crippen molar-refractivity contribution in [2.45, 2.75) is 29.5 Å². The molecule has 1 aromatic rings. The predicted molar refractivity (Wildman–Crippen MR) is 65.6 cm³/mol. The van der Waals surface area contributed by atoms with E-state index < -0.39 is 21.1 Å². The van der Waals surface area contributed by atoms with Gasteiger partial charge in [0, 0.05) is 18.5 Å². The van der Waals surface area contributed by atoms with Crippen LogP contribution in [0.2, 0.25) is 0 Å². The van der Waals surface area contributed by atoms with Crippen LogP contribution in [0.1, 0.15) is 24.9 Å². The Kier molecular flexibility index (Phi) is 2.53. The van der Waals surface area contributed by atoms with E-state index in [1.165, 1.54) is 0 Å². The average Bonchev–Trinajstić information content (AvgIpc) is 2.56. The van der Waals surface area contributed by atoms with Crippen molar-refractivity contribution in [2.24, 2.45) is 5.73 Å². The molecule has 5 nitrogen and oxygen atoms in total. The van der Waals surface area contributed by atoms with Gasteiger partial charge in [-0.05, 0) is 18.6 Å². The van der Waals surface area contributed by atoms with E-state index in [2.05, 4.69) is 0 Å². The highest BCUT2D eigenvalue weighted by Crippen LogP contribution is 2.43. The molecule has 0 fully saturated rings. The minimum atomic E-state index is -3.34. The van der Waals surface area contributed by atoms with Crippen molar-refractivity contribution < 1.29 is 17.9 Å². The molecule has 0 bridgehead atoms. The van der Waals surface area contributed by atoms with Gasteiger partial charge in [-0.3, -0.25) is 0 Å². The molecule has 0 amide bonds. The summed E-state index contributed by atoms with van der Waals surface area (Å²) >= 11 is 0. The molecule has 2 N–H and O–H groups in total. The molecule has 18 heavy (non-hydrogen) atoms. The highest BCUT2D eigenvalue weighted by Gasteiger charge is 2.41. The van der Waals surface area contributed by atoms with E-state index in [1.54, 1.807) is 19.1 Å². The quantitative estimate of drug-likeness (QED) is 0.761. The number of fused-ring (bicyclic) bond motifs is 2. The van der Waals surface area contributed by atoms with Crippen LogP contribution in [0.5, 0.6) is 11.5 Å². The predicted octanol–water partition coefficient (Wildman–Crippen LogP) is 1.02. The van der Waals surface area contributed by atoms with E-state index in [4.69, 9.17) is 15.2 Å². The molecule has 1 aromatic carbocycles. The SMILES string of the molecule is CC1C(N)c2cc3c(cc2S1(=O)=O)OCCCO3. The second-order valence-electron chi connectivity index (χ2n) is 4.66. The molecule has 2 aliphatic rings. The summed E-state index contributed by atoms with van der Waals surface area (Å²) < 4.78 is 35.4. The van der Waals surface area contributed by atoms with Crippen LogP contribution in [-0.4, -0.2) is 26.9 Å². The van der Waals surface area contributed by atoms with Gasteiger partial charge >= 0.3 is 0 Å². The Hall–Kier alpha value is -1.27. The summed E-state index contributed by atoms with van der Waals surface area (Å²) in [5.41, 5.74) is 6.59. The van der Waals surface area contributed by atoms with E-state index in [0.717, 1.165) is 6.42 Å². The molecule has 0 saturated heterocycles. The van der Waals surface area contributed by atoms with E-state index in [9.17, 15) is 8.42 Å². The number of ether oxygens (including phenoxy) is 2. The van der Waals surface area contributed by atoms with Crippen LogP contribution in [0.4, 0.5) is 0 Å². The van der Waals surface area contributed by atoms with Crippen molar-refractivity contribution in [1.29, 1.82) is 0 Å². The van der Waals surface area contributed by atoms with Gasteiger partial charge in [-0.15, -0.1) is 0 Å². The summed E-state index contributed by atoms with van der Waals surface area (Å²) in [7, 11) is -3.34. The molecule has 98 valence electrons. The summed E-state index contributed by atoms with van der Waals surface area (Å²) in [4.78, 5) is 0.284. The number of hydrogen-bond acceptors (Lipinski definition) is 5. The lowest BCUT2D eigenvalue weighted by Gasteiger charge is -2.10. The average molecular weight is 269 g/mol. The summed E-state index contributed by atoms with van der Waals surface area (Å²) in [5, 5.41) is -0.599. The van der Waals surface area contributed by atoms with Crippen molar-refractivity contribution in [1.82, 2.24) is 0 Å². The standard InChI is InChI=1S/C12H15NO4S/c1-7-12(13)8-5-9-10(17-4-2-3-16-9)6-11(8)18(7,14)15/h5-7,12H,2-4,13H2,1H3. The number of nitrogens with two attached hydrogens (primary N) is 1. The minimum Gasteiger partial charge on any atom is -0.490 e. The van der Waals surface area contributed by atoms with Crippen molar-refractivity contribution in [3.63, 3.8) is 0 Å². The second-order valence-corrected chi connectivity index (χ2v) is 6.94. The number of rotatable bonds is 0. The van der Waals surface area contributed by atoms with Crippen LogP contribution in [-0.2, 0) is 9.84 Å². The van der Waals surface area contributed by atoms with E-state index in [0.29, 0.717) is 30.3 Å². The monoisotopic (exact) mass is 269 g/mol. The van der Waals surface area contributed by atoms with Crippen LogP contribution < -0.4 is 15.2 Å². The molecule has 0 saturated carbocycles. The third-order valence-electron chi connectivity index (χ3n) is 3.54. The molecule has 2 heterocycles. The minimum absolute atomic E-state index is 0.284. The fourth-order valence-corrected chi connectivity index (χ4v) is 4.09. The first-order chi connectivity index (χ1) is 8.51. The third kappa shape index (κ3) is 1.52. The summed E-state index contributed by atoms with van der Waals surface area (Å²) in [5.74, 6) is 1.09. The van der Waals surface area contributed by atoms with Crippen molar-refractivity contribution in [3.05, 3.63) is 17.7 Å². The zero-order valence-corrected chi connectivity index (χ0v) is 10.9. The number of sulfone groups is 1. The Morgan fingerprint density at radius 3 is 2.50 bits per heavy atom. The highest BCUT2D eigenvalue weighted by molar-refractivity contribution is 7.92. The topological polar surface area (TPSA) is 78.6 Å². The Labute approximate surface area is 106 Å². The molecule has 2 aliphatic heterocycles. The second kappa shape index (κ2) is 3.86. The molecule has 0 radical (unpaired) electrons. The zero-order valence-electron chi connectivity index (χ0n) is 10.0. The number of hydrogen-bond donors (Lipinski definition) is 1. The Bertz CT molecular complexity index is 596. The molecule has 0 aliphatic carbocycles. The third-order valence-corrected chi connectivity index (χ3v) is 5.78. The first kappa shape index (κ1) is 11.8. The van der Waals surface area contributed by atoms with Gasteiger partial charge in [0.25, 0.3) is 0 Å². The maximum Gasteiger partial charge on any atom is 0.183 e. The molecule has 3 rings (SSSR count). The zero-order chi connectivity index (χ0) is 12.9. The van der Waals surface area contributed by atoms with Gasteiger partial charge in [-0.2, -0.15) is 0 Å². The van der Waals surface area contributed by atoms with Crippen LogP contribution in [0.25, 0.3) is 0 Å². The largest absolute Gasteiger partial charge is 0.490 e. The first-order valence-corrected chi connectivity index (χ1v) is 7.49. The summed E-state index contributed by atoms with van der Waals surface area (Å²) in [6, 6.07) is 2.76. The molecule has 6 heteroatoms. The van der Waals surface area contributed by atoms with E-state index in [1.807, 2.05) is 0 Å². The van der Waals surface area contributed by atoms with Gasteiger partial charge in [0.2, 0.25) is 0 Å². The molecule has 0 aromatic heterocycles. The fourth-order valence-electron chi connectivity index (χ4n) is 2.36. The molecule has 2 atom stereocenters. The first-order valence-electron chi connectivity index (χ1n) is 5.95. The highest BCUT2D eigenvalue weighted by atomic mass is 32.2. The van der Waals surface area contributed by atoms with Gasteiger partial charge in [0.05, 0.1) is 23.4 Å². The lowest BCUT2D eigenvalue weighted by molar-refractivity contribution is 0.296. The van der Waals surface area contributed by atoms with Crippen LogP contribution in [0.15, 0.2) is 17.0 Å². The van der Waals surface area contributed by atoms with Gasteiger partial charge in [-0.25, -0.2) is 8.42 Å². The van der Waals surface area contributed by atoms with E-state index >= 15 is 0 Å². The van der Waals surface area contributed by atoms with Crippen molar-refractivity contribution in [2.75, 3.05) is 13.2 Å². The lowest BCUT2D eigenvalue weighted by atomic mass is 10.1. The normalized spacial score (nSPS) is 28.6. The van der Waals surface area contributed by atoms with Gasteiger partial charge < -0.3 is 15.2 Å². The van der Waals surface area contributed by atoms with Crippen molar-refractivity contribution >= 4 is 9.84 Å². The van der Waals surface area contributed by atoms with Crippen LogP contribution in [0, 0.1) is 0 Å². The Morgan fingerprint density at radius 1 is 1.22 bits per heavy atom. The van der Waals surface area contributed by atoms with Gasteiger partial charge in [0.15, 0.2) is 21.3 Å². The molecule has 0 spiro atoms. The van der Waals surface area contributed by atoms with Crippen LogP contribution in [0.3, 0.4) is 0 Å². The molecular weight excluding hydrogens is 254 g/mol. The molecular formula is C12H15NO4S. The number of benzene rings is 1. The smallest absolute Gasteiger partial charge is 0.183 e. The van der Waals surface area contributed by atoms with Crippen molar-refractivity contribution in [3.8, 4) is 11.5 Å². The van der Waals surface area contributed by atoms with Gasteiger partial charge in [0.1, 0.15) is 0 Å². The maximum atomic E-state index is 12.2. The lowest BCUT2D eigenvalue weighted by Crippen LogP contribution is -2.23. The van der Waals surface area contributed by atoms with Crippen LogP contribution >= 0.6 is 0 Å². The summed E-state index contributed by atoms with van der Waals surface area (Å²) in [6.07, 6.45) is 0.786. The summed E-state index contributed by atoms with van der Waals surface area (Å²) in [6.45, 7) is 2.74. The fraction of sp³-hybridized carbons (Fsp3) is 0.500. The Morgan fingerprint density at radius 2 is 1.83 bits per heavy atom. The van der Waals surface area contributed by atoms with E-state index in [-0.39, 0.29) is 4.90 Å². The molecule has 2 unspecified atom stereocenters. The maximum absolute atomic E-state index is 12.2.